The first-order valence-corrected chi connectivity index (χ1v) is 4.58. The van der Waals surface area contributed by atoms with E-state index in [9.17, 15) is 0 Å². The normalized spacial score (nSPS) is 12.2. The third kappa shape index (κ3) is 1.76. The predicted molar refractivity (Wildman–Crippen MR) is 57.8 cm³/mol. The van der Waals surface area contributed by atoms with E-state index in [1.807, 2.05) is 29.9 Å². The molecule has 2 rings (SSSR count). The van der Waals surface area contributed by atoms with E-state index < -0.39 is 0 Å². The SMILES string of the molecule is Cn1ncc2cc(C/C(N)=N/O)ccc21. The average molecular weight is 204 g/mol. The highest BCUT2D eigenvalue weighted by molar-refractivity contribution is 5.85. The molecule has 0 aliphatic heterocycles. The molecule has 0 saturated heterocycles. The predicted octanol–water partition coefficient (Wildman–Crippen LogP) is 0.862. The molecular weight excluding hydrogens is 192 g/mol. The summed E-state index contributed by atoms with van der Waals surface area (Å²) in [5, 5.41) is 16.6. The van der Waals surface area contributed by atoms with Crippen LogP contribution in [-0.2, 0) is 13.5 Å². The molecule has 1 heterocycles. The van der Waals surface area contributed by atoms with Crippen LogP contribution in [0.3, 0.4) is 0 Å². The van der Waals surface area contributed by atoms with Crippen LogP contribution in [0, 0.1) is 0 Å². The quantitative estimate of drug-likeness (QED) is 0.330. The van der Waals surface area contributed by atoms with Crippen LogP contribution in [0.5, 0.6) is 0 Å². The maximum absolute atomic E-state index is 8.46. The van der Waals surface area contributed by atoms with Gasteiger partial charge in [-0.2, -0.15) is 5.10 Å². The van der Waals surface area contributed by atoms with Gasteiger partial charge in [-0.1, -0.05) is 11.2 Å². The first-order valence-electron chi connectivity index (χ1n) is 4.58. The van der Waals surface area contributed by atoms with Gasteiger partial charge < -0.3 is 10.9 Å². The lowest BCUT2D eigenvalue weighted by Gasteiger charge is -2.00. The van der Waals surface area contributed by atoms with E-state index in [1.54, 1.807) is 6.20 Å². The van der Waals surface area contributed by atoms with Crippen molar-refractivity contribution in [1.82, 2.24) is 9.78 Å². The first kappa shape index (κ1) is 9.51. The summed E-state index contributed by atoms with van der Waals surface area (Å²) in [5.41, 5.74) is 7.51. The van der Waals surface area contributed by atoms with Crippen LogP contribution >= 0.6 is 0 Å². The number of nitrogens with two attached hydrogens (primary N) is 1. The minimum Gasteiger partial charge on any atom is -0.409 e. The van der Waals surface area contributed by atoms with Crippen LogP contribution in [-0.4, -0.2) is 20.8 Å². The molecule has 5 nitrogen and oxygen atoms in total. The molecule has 0 saturated carbocycles. The molecule has 2 aromatic rings. The number of amidine groups is 1. The number of nitrogens with zero attached hydrogens (tertiary/aromatic N) is 3. The summed E-state index contributed by atoms with van der Waals surface area (Å²) in [7, 11) is 1.89. The topological polar surface area (TPSA) is 76.4 Å². The maximum Gasteiger partial charge on any atom is 0.143 e. The molecule has 0 aliphatic carbocycles. The molecular formula is C10H12N4O. The van der Waals surface area contributed by atoms with Crippen LogP contribution in [0.2, 0.25) is 0 Å². The summed E-state index contributed by atoms with van der Waals surface area (Å²) in [4.78, 5) is 0. The van der Waals surface area contributed by atoms with Crippen molar-refractivity contribution in [1.29, 1.82) is 0 Å². The lowest BCUT2D eigenvalue weighted by atomic mass is 10.1. The van der Waals surface area contributed by atoms with Gasteiger partial charge in [0.15, 0.2) is 0 Å². The molecule has 0 unspecified atom stereocenters. The summed E-state index contributed by atoms with van der Waals surface area (Å²) in [6.45, 7) is 0. The minimum atomic E-state index is 0.207. The fraction of sp³-hybridized carbons (Fsp3) is 0.200. The van der Waals surface area contributed by atoms with Gasteiger partial charge in [0, 0.05) is 18.9 Å². The fourth-order valence-corrected chi connectivity index (χ4v) is 1.57. The molecule has 0 amide bonds. The minimum absolute atomic E-state index is 0.207. The Bertz CT molecular complexity index is 515. The first-order chi connectivity index (χ1) is 7.20. The van der Waals surface area contributed by atoms with Gasteiger partial charge in [-0.3, -0.25) is 4.68 Å². The van der Waals surface area contributed by atoms with Crippen molar-refractivity contribution >= 4 is 16.7 Å². The second kappa shape index (κ2) is 3.61. The number of benzene rings is 1. The molecule has 0 atom stereocenters. The number of hydrogen-bond donors (Lipinski definition) is 2. The van der Waals surface area contributed by atoms with Crippen LogP contribution in [0.15, 0.2) is 29.6 Å². The molecule has 0 bridgehead atoms. The van der Waals surface area contributed by atoms with Crippen LogP contribution < -0.4 is 5.73 Å². The van der Waals surface area contributed by atoms with Gasteiger partial charge in [-0.15, -0.1) is 0 Å². The second-order valence-electron chi connectivity index (χ2n) is 3.43. The molecule has 0 aliphatic rings. The van der Waals surface area contributed by atoms with Crippen molar-refractivity contribution < 1.29 is 5.21 Å². The van der Waals surface area contributed by atoms with Crippen LogP contribution in [0.4, 0.5) is 0 Å². The van der Waals surface area contributed by atoms with Gasteiger partial charge in [0.25, 0.3) is 0 Å². The summed E-state index contributed by atoms with van der Waals surface area (Å²) >= 11 is 0. The highest BCUT2D eigenvalue weighted by Gasteiger charge is 2.02. The largest absolute Gasteiger partial charge is 0.409 e. The summed E-state index contributed by atoms with van der Waals surface area (Å²) in [5.74, 6) is 0.207. The zero-order valence-electron chi connectivity index (χ0n) is 8.38. The van der Waals surface area contributed by atoms with Crippen LogP contribution in [0.1, 0.15) is 5.56 Å². The van der Waals surface area contributed by atoms with Gasteiger partial charge in [-0.25, -0.2) is 0 Å². The van der Waals surface area contributed by atoms with E-state index in [2.05, 4.69) is 10.3 Å². The van der Waals surface area contributed by atoms with Crippen molar-refractivity contribution in [3.05, 3.63) is 30.0 Å². The van der Waals surface area contributed by atoms with E-state index in [0.717, 1.165) is 16.5 Å². The van der Waals surface area contributed by atoms with E-state index >= 15 is 0 Å². The van der Waals surface area contributed by atoms with E-state index in [1.165, 1.54) is 0 Å². The number of hydrogen-bond acceptors (Lipinski definition) is 3. The zero-order valence-corrected chi connectivity index (χ0v) is 8.38. The number of aryl methyl sites for hydroxylation is 1. The molecule has 1 aromatic heterocycles. The number of oxime groups is 1. The molecule has 78 valence electrons. The van der Waals surface area contributed by atoms with Crippen molar-refractivity contribution in [3.8, 4) is 0 Å². The number of aromatic nitrogens is 2. The van der Waals surface area contributed by atoms with E-state index in [4.69, 9.17) is 10.9 Å². The van der Waals surface area contributed by atoms with E-state index in [-0.39, 0.29) is 5.84 Å². The molecule has 3 N–H and O–H groups in total. The Morgan fingerprint density at radius 2 is 2.40 bits per heavy atom. The summed E-state index contributed by atoms with van der Waals surface area (Å²) < 4.78 is 1.81. The molecule has 0 spiro atoms. The molecule has 0 radical (unpaired) electrons. The van der Waals surface area contributed by atoms with Crippen molar-refractivity contribution in [2.24, 2.45) is 17.9 Å². The Kier molecular flexibility index (Phi) is 2.29. The number of rotatable bonds is 2. The van der Waals surface area contributed by atoms with Crippen molar-refractivity contribution in [3.63, 3.8) is 0 Å². The van der Waals surface area contributed by atoms with Crippen molar-refractivity contribution in [2.45, 2.75) is 6.42 Å². The Hall–Kier alpha value is -2.04. The van der Waals surface area contributed by atoms with Gasteiger partial charge in [0.1, 0.15) is 5.84 Å². The highest BCUT2D eigenvalue weighted by atomic mass is 16.4. The van der Waals surface area contributed by atoms with Gasteiger partial charge in [0.05, 0.1) is 11.7 Å². The van der Waals surface area contributed by atoms with Gasteiger partial charge >= 0.3 is 0 Å². The Balaban J connectivity index is 2.39. The van der Waals surface area contributed by atoms with Gasteiger partial charge in [-0.05, 0) is 17.7 Å². The molecule has 1 aromatic carbocycles. The van der Waals surface area contributed by atoms with Gasteiger partial charge in [0.2, 0.25) is 0 Å². The monoisotopic (exact) mass is 204 g/mol. The lowest BCUT2D eigenvalue weighted by Crippen LogP contribution is -2.14. The Morgan fingerprint density at radius 1 is 1.60 bits per heavy atom. The standard InChI is InChI=1S/C10H12N4O/c1-14-9-3-2-7(5-10(11)13-15)4-8(9)6-12-14/h2-4,6,15H,5H2,1H3,(H2,11,13). The molecule has 5 heteroatoms. The Labute approximate surface area is 86.8 Å². The second-order valence-corrected chi connectivity index (χ2v) is 3.43. The fourth-order valence-electron chi connectivity index (χ4n) is 1.57. The van der Waals surface area contributed by atoms with E-state index in [0.29, 0.717) is 6.42 Å². The third-order valence-electron chi connectivity index (χ3n) is 2.32. The molecule has 15 heavy (non-hydrogen) atoms. The third-order valence-corrected chi connectivity index (χ3v) is 2.32. The Morgan fingerprint density at radius 3 is 3.13 bits per heavy atom. The molecule has 0 fully saturated rings. The maximum atomic E-state index is 8.46. The number of fused-ring (bicyclic) bond motifs is 1. The smallest absolute Gasteiger partial charge is 0.143 e. The lowest BCUT2D eigenvalue weighted by molar-refractivity contribution is 0.317. The summed E-state index contributed by atoms with van der Waals surface area (Å²) in [6, 6.07) is 5.91. The van der Waals surface area contributed by atoms with Crippen molar-refractivity contribution in [2.75, 3.05) is 0 Å². The highest BCUT2D eigenvalue weighted by Crippen LogP contribution is 2.15. The zero-order chi connectivity index (χ0) is 10.8. The van der Waals surface area contributed by atoms with Crippen LogP contribution in [0.25, 0.3) is 10.9 Å². The average Bonchev–Trinajstić information content (AvgIpc) is 2.60. The summed E-state index contributed by atoms with van der Waals surface area (Å²) in [6.07, 6.45) is 2.24.